The van der Waals surface area contributed by atoms with E-state index in [0.29, 0.717) is 39.1 Å². The van der Waals surface area contributed by atoms with Gasteiger partial charge in [-0.3, -0.25) is 9.59 Å². The molecule has 2 atom stereocenters. The van der Waals surface area contributed by atoms with Crippen LogP contribution < -0.4 is 0 Å². The van der Waals surface area contributed by atoms with Gasteiger partial charge in [0, 0.05) is 27.3 Å². The van der Waals surface area contributed by atoms with Crippen molar-refractivity contribution < 1.29 is 24.2 Å². The van der Waals surface area contributed by atoms with E-state index >= 15 is 0 Å². The van der Waals surface area contributed by atoms with Crippen LogP contribution in [0.1, 0.15) is 25.7 Å². The van der Waals surface area contributed by atoms with Gasteiger partial charge in [-0.15, -0.1) is 0 Å². The van der Waals surface area contributed by atoms with E-state index in [-0.39, 0.29) is 5.91 Å². The first-order chi connectivity index (χ1) is 9.61. The number of rotatable bonds is 8. The van der Waals surface area contributed by atoms with Crippen LogP contribution in [0, 0.1) is 11.8 Å². The third-order valence-electron chi connectivity index (χ3n) is 3.84. The van der Waals surface area contributed by atoms with E-state index in [1.54, 1.807) is 19.1 Å². The first kappa shape index (κ1) is 16.9. The van der Waals surface area contributed by atoms with Crippen molar-refractivity contribution in [3.05, 3.63) is 0 Å². The van der Waals surface area contributed by atoms with Crippen LogP contribution in [0.15, 0.2) is 0 Å². The number of amides is 1. The monoisotopic (exact) mass is 287 g/mol. The molecular formula is C14H25NO5. The van der Waals surface area contributed by atoms with Gasteiger partial charge in [-0.05, 0) is 12.8 Å². The molecule has 0 aromatic heterocycles. The number of ether oxygens (including phenoxy) is 2. The number of hydrogen-bond donors (Lipinski definition) is 1. The average molecular weight is 287 g/mol. The zero-order chi connectivity index (χ0) is 15.0. The van der Waals surface area contributed by atoms with Crippen LogP contribution in [0.5, 0.6) is 0 Å². The highest BCUT2D eigenvalue weighted by Crippen LogP contribution is 2.31. The fourth-order valence-electron chi connectivity index (χ4n) is 2.69. The number of carbonyl (C=O) groups is 2. The highest BCUT2D eigenvalue weighted by molar-refractivity contribution is 5.85. The van der Waals surface area contributed by atoms with Gasteiger partial charge in [-0.2, -0.15) is 0 Å². The van der Waals surface area contributed by atoms with E-state index in [9.17, 15) is 14.7 Å². The lowest BCUT2D eigenvalue weighted by molar-refractivity contribution is -0.152. The van der Waals surface area contributed by atoms with Gasteiger partial charge in [0.25, 0.3) is 0 Å². The summed E-state index contributed by atoms with van der Waals surface area (Å²) in [5.41, 5.74) is 0. The van der Waals surface area contributed by atoms with Crippen molar-refractivity contribution >= 4 is 11.9 Å². The molecule has 0 heterocycles. The minimum Gasteiger partial charge on any atom is -0.481 e. The first-order valence-corrected chi connectivity index (χ1v) is 7.11. The Balaban J connectivity index is 2.71. The fourth-order valence-corrected chi connectivity index (χ4v) is 2.69. The van der Waals surface area contributed by atoms with Crippen molar-refractivity contribution in [3.63, 3.8) is 0 Å². The van der Waals surface area contributed by atoms with Crippen molar-refractivity contribution in [2.45, 2.75) is 25.7 Å². The van der Waals surface area contributed by atoms with Crippen LogP contribution in [0.3, 0.4) is 0 Å². The zero-order valence-corrected chi connectivity index (χ0v) is 12.3. The molecule has 1 rings (SSSR count). The van der Waals surface area contributed by atoms with Gasteiger partial charge in [0.15, 0.2) is 0 Å². The van der Waals surface area contributed by atoms with Gasteiger partial charge in [0.05, 0.1) is 25.0 Å². The summed E-state index contributed by atoms with van der Waals surface area (Å²) in [5, 5.41) is 9.27. The predicted octanol–water partition coefficient (Wildman–Crippen LogP) is 0.999. The second-order valence-electron chi connectivity index (χ2n) is 5.15. The lowest BCUT2D eigenvalue weighted by atomic mass is 9.78. The summed E-state index contributed by atoms with van der Waals surface area (Å²) in [6, 6.07) is 0. The van der Waals surface area contributed by atoms with Gasteiger partial charge in [-0.1, -0.05) is 12.8 Å². The van der Waals surface area contributed by atoms with Crippen molar-refractivity contribution in [3.8, 4) is 0 Å². The quantitative estimate of drug-likeness (QED) is 0.720. The topological polar surface area (TPSA) is 76.1 Å². The Hall–Kier alpha value is -1.14. The molecule has 1 N–H and O–H groups in total. The standard InChI is InChI=1S/C14H25NO5/c1-19-9-7-15(8-10-20-2)13(16)11-5-3-4-6-12(11)14(17)18/h11-12H,3-10H2,1-2H3,(H,17,18). The molecule has 1 amide bonds. The van der Waals surface area contributed by atoms with E-state index in [1.807, 2.05) is 0 Å². The molecule has 6 heteroatoms. The molecule has 0 bridgehead atoms. The molecule has 0 radical (unpaired) electrons. The van der Waals surface area contributed by atoms with E-state index in [0.717, 1.165) is 12.8 Å². The summed E-state index contributed by atoms with van der Waals surface area (Å²) >= 11 is 0. The van der Waals surface area contributed by atoms with Crippen molar-refractivity contribution in [2.24, 2.45) is 11.8 Å². The maximum atomic E-state index is 12.6. The summed E-state index contributed by atoms with van der Waals surface area (Å²) in [6.07, 6.45) is 3.06. The van der Waals surface area contributed by atoms with Gasteiger partial charge in [0.1, 0.15) is 0 Å². The van der Waals surface area contributed by atoms with Crippen molar-refractivity contribution in [1.82, 2.24) is 4.90 Å². The highest BCUT2D eigenvalue weighted by atomic mass is 16.5. The summed E-state index contributed by atoms with van der Waals surface area (Å²) in [6.45, 7) is 1.84. The molecule has 2 unspecified atom stereocenters. The Morgan fingerprint density at radius 1 is 1.05 bits per heavy atom. The van der Waals surface area contributed by atoms with Crippen LogP contribution in [0.25, 0.3) is 0 Å². The van der Waals surface area contributed by atoms with E-state index in [2.05, 4.69) is 0 Å². The first-order valence-electron chi connectivity index (χ1n) is 7.11. The van der Waals surface area contributed by atoms with Crippen molar-refractivity contribution in [2.75, 3.05) is 40.5 Å². The second-order valence-corrected chi connectivity index (χ2v) is 5.15. The molecule has 0 aliphatic heterocycles. The van der Waals surface area contributed by atoms with Crippen LogP contribution in [0.4, 0.5) is 0 Å². The minimum atomic E-state index is -0.860. The number of methoxy groups -OCH3 is 2. The molecule has 116 valence electrons. The molecule has 1 saturated carbocycles. The SMILES string of the molecule is COCCN(CCOC)C(=O)C1CCCCC1C(=O)O. The molecular weight excluding hydrogens is 262 g/mol. The number of nitrogens with zero attached hydrogens (tertiary/aromatic N) is 1. The zero-order valence-electron chi connectivity index (χ0n) is 12.3. The molecule has 1 aliphatic rings. The Labute approximate surface area is 120 Å². The smallest absolute Gasteiger partial charge is 0.307 e. The van der Waals surface area contributed by atoms with Crippen LogP contribution in [-0.4, -0.2) is 62.4 Å². The van der Waals surface area contributed by atoms with Crippen LogP contribution in [-0.2, 0) is 19.1 Å². The van der Waals surface area contributed by atoms with Gasteiger partial charge < -0.3 is 19.5 Å². The predicted molar refractivity (Wildman–Crippen MR) is 73.4 cm³/mol. The molecule has 0 spiro atoms. The fraction of sp³-hybridized carbons (Fsp3) is 0.857. The third kappa shape index (κ3) is 4.76. The summed E-state index contributed by atoms with van der Waals surface area (Å²) in [5.74, 6) is -1.90. The van der Waals surface area contributed by atoms with Gasteiger partial charge in [-0.25, -0.2) is 0 Å². The third-order valence-corrected chi connectivity index (χ3v) is 3.84. The number of carboxylic acids is 1. The van der Waals surface area contributed by atoms with Gasteiger partial charge >= 0.3 is 5.97 Å². The molecule has 1 fully saturated rings. The number of carboxylic acid groups (broad SMARTS) is 1. The summed E-state index contributed by atoms with van der Waals surface area (Å²) in [7, 11) is 3.17. The summed E-state index contributed by atoms with van der Waals surface area (Å²) in [4.78, 5) is 25.5. The normalized spacial score (nSPS) is 22.5. The number of aliphatic carboxylic acids is 1. The van der Waals surface area contributed by atoms with E-state index in [4.69, 9.17) is 9.47 Å². The largest absolute Gasteiger partial charge is 0.481 e. The lowest BCUT2D eigenvalue weighted by Crippen LogP contribution is -2.45. The molecule has 6 nitrogen and oxygen atoms in total. The molecule has 0 saturated heterocycles. The number of carbonyl (C=O) groups excluding carboxylic acids is 1. The average Bonchev–Trinajstić information content (AvgIpc) is 2.46. The lowest BCUT2D eigenvalue weighted by Gasteiger charge is -2.32. The van der Waals surface area contributed by atoms with Crippen molar-refractivity contribution in [1.29, 1.82) is 0 Å². The number of hydrogen-bond acceptors (Lipinski definition) is 4. The molecule has 20 heavy (non-hydrogen) atoms. The maximum Gasteiger partial charge on any atom is 0.307 e. The highest BCUT2D eigenvalue weighted by Gasteiger charge is 2.37. The minimum absolute atomic E-state index is 0.0776. The maximum absolute atomic E-state index is 12.6. The Bertz CT molecular complexity index is 313. The van der Waals surface area contributed by atoms with Crippen LogP contribution >= 0.6 is 0 Å². The summed E-state index contributed by atoms with van der Waals surface area (Å²) < 4.78 is 10.0. The Kier molecular flexibility index (Phi) is 7.54. The Morgan fingerprint density at radius 2 is 1.55 bits per heavy atom. The van der Waals surface area contributed by atoms with E-state index < -0.39 is 17.8 Å². The van der Waals surface area contributed by atoms with E-state index in [1.165, 1.54) is 0 Å². The second kappa shape index (κ2) is 8.92. The van der Waals surface area contributed by atoms with Gasteiger partial charge in [0.2, 0.25) is 5.91 Å². The Morgan fingerprint density at radius 3 is 2.00 bits per heavy atom. The molecule has 0 aromatic rings. The molecule has 0 aromatic carbocycles. The van der Waals surface area contributed by atoms with Crippen LogP contribution in [0.2, 0.25) is 0 Å². The molecule has 1 aliphatic carbocycles.